The molecule has 3 N–H and O–H groups in total. The van der Waals surface area contributed by atoms with Gasteiger partial charge in [-0.3, -0.25) is 4.79 Å². The Kier molecular flexibility index (Phi) is 5.72. The Labute approximate surface area is 199 Å². The van der Waals surface area contributed by atoms with E-state index in [9.17, 15) is 18.4 Å². The van der Waals surface area contributed by atoms with Crippen molar-refractivity contribution in [2.45, 2.75) is 31.9 Å². The average molecular weight is 480 g/mol. The first-order valence-corrected chi connectivity index (χ1v) is 11.0. The number of nitrogens with one attached hydrogen (secondary N) is 3. The van der Waals surface area contributed by atoms with Gasteiger partial charge in [0.2, 0.25) is 5.91 Å². The van der Waals surface area contributed by atoms with Crippen LogP contribution in [0.1, 0.15) is 18.9 Å². The second-order valence-corrected chi connectivity index (χ2v) is 8.48. The van der Waals surface area contributed by atoms with Gasteiger partial charge in [-0.2, -0.15) is 0 Å². The lowest BCUT2D eigenvalue weighted by Gasteiger charge is -2.18. The molecule has 3 heterocycles. The van der Waals surface area contributed by atoms with E-state index >= 15 is 0 Å². The van der Waals surface area contributed by atoms with Crippen molar-refractivity contribution in [2.24, 2.45) is 5.92 Å². The number of anilines is 2. The van der Waals surface area contributed by atoms with Gasteiger partial charge in [-0.15, -0.1) is 0 Å². The van der Waals surface area contributed by atoms with Gasteiger partial charge >= 0.3 is 6.03 Å². The molecule has 180 valence electrons. The largest absolute Gasteiger partial charge is 0.487 e. The van der Waals surface area contributed by atoms with Crippen LogP contribution < -0.4 is 20.7 Å². The fraction of sp³-hybridized carbons (Fsp3) is 0.240. The van der Waals surface area contributed by atoms with E-state index in [2.05, 4.69) is 27.5 Å². The van der Waals surface area contributed by atoms with Crippen molar-refractivity contribution in [3.05, 3.63) is 83.5 Å². The third kappa shape index (κ3) is 4.59. The van der Waals surface area contributed by atoms with E-state index in [4.69, 9.17) is 9.47 Å². The maximum Gasteiger partial charge on any atom is 0.319 e. The monoisotopic (exact) mass is 480 g/mol. The van der Waals surface area contributed by atoms with Crippen LogP contribution in [0.15, 0.2) is 66.3 Å². The zero-order valence-electron chi connectivity index (χ0n) is 18.7. The molecule has 10 heteroatoms. The van der Waals surface area contributed by atoms with E-state index in [0.717, 1.165) is 23.3 Å². The zero-order chi connectivity index (χ0) is 24.7. The van der Waals surface area contributed by atoms with Crippen LogP contribution >= 0.6 is 0 Å². The number of hydrogen-bond donors (Lipinski definition) is 3. The van der Waals surface area contributed by atoms with Gasteiger partial charge < -0.3 is 25.4 Å². The minimum Gasteiger partial charge on any atom is -0.487 e. The summed E-state index contributed by atoms with van der Waals surface area (Å²) >= 11 is 0. The number of hydrogen-bond acceptors (Lipinski definition) is 5. The van der Waals surface area contributed by atoms with Crippen LogP contribution in [0, 0.1) is 17.6 Å². The number of allylic oxidation sites excluding steroid dienone is 4. The van der Waals surface area contributed by atoms with Crippen molar-refractivity contribution < 1.29 is 27.8 Å². The third-order valence-corrected chi connectivity index (χ3v) is 6.02. The Hall–Kier alpha value is -4.21. The first kappa shape index (κ1) is 22.6. The Balaban J connectivity index is 1.16. The van der Waals surface area contributed by atoms with E-state index in [1.54, 1.807) is 31.3 Å². The van der Waals surface area contributed by atoms with E-state index in [1.807, 2.05) is 0 Å². The summed E-state index contributed by atoms with van der Waals surface area (Å²) in [4.78, 5) is 28.0. The van der Waals surface area contributed by atoms with Crippen molar-refractivity contribution in [3.63, 3.8) is 0 Å². The van der Waals surface area contributed by atoms with Crippen LogP contribution in [0.25, 0.3) is 0 Å². The summed E-state index contributed by atoms with van der Waals surface area (Å²) in [6.07, 6.45) is 5.80. The summed E-state index contributed by atoms with van der Waals surface area (Å²) in [5, 5.41) is 7.98. The number of fused-ring (bicyclic) bond motifs is 2. The standard InChI is InChI=1S/C25H22F2N4O4/c1-12(34-19-9-10-28-24-15(19)5-8-20(32)30-24)3-7-18-13(2)21-22(23(21)35-18)31-25(33)29-14-4-6-16(26)17(27)11-14/h3-4,6-7,9-11,21-23H,2,5,8H2,1H3,(H,28,30,32)(H2,29,31,33)/b12-3+,18-7+/t21-,22-,23-/m0/s1. The van der Waals surface area contributed by atoms with Crippen LogP contribution in [0.2, 0.25) is 0 Å². The molecule has 1 aliphatic carbocycles. The minimum absolute atomic E-state index is 0.0655. The SMILES string of the molecule is C=C1/C(=C\C=C(/C)Oc2ccnc3c2CCC(=O)N3)O[C@@H]2[C@@H](NC(=O)Nc3ccc(F)c(F)c3)[C@H]12. The lowest BCUT2D eigenvalue weighted by Crippen LogP contribution is -2.34. The molecule has 2 aliphatic heterocycles. The van der Waals surface area contributed by atoms with Gasteiger partial charge in [0.05, 0.1) is 12.0 Å². The number of nitrogens with zero attached hydrogens (tertiary/aromatic N) is 1. The molecule has 5 rings (SSSR count). The molecular weight excluding hydrogens is 458 g/mol. The molecule has 1 saturated carbocycles. The molecule has 0 spiro atoms. The number of carbonyl (C=O) groups excluding carboxylic acids is 2. The normalized spacial score (nSPS) is 23.7. The highest BCUT2D eigenvalue weighted by atomic mass is 19.2. The molecule has 8 nitrogen and oxygen atoms in total. The minimum atomic E-state index is -1.04. The van der Waals surface area contributed by atoms with Crippen molar-refractivity contribution in [2.75, 3.05) is 10.6 Å². The number of aromatic nitrogens is 1. The summed E-state index contributed by atoms with van der Waals surface area (Å²) in [5.41, 5.74) is 1.75. The molecule has 0 unspecified atom stereocenters. The highest BCUT2D eigenvalue weighted by Gasteiger charge is 2.60. The second kappa shape index (κ2) is 8.86. The van der Waals surface area contributed by atoms with E-state index in [1.165, 1.54) is 6.07 Å². The van der Waals surface area contributed by atoms with E-state index in [0.29, 0.717) is 35.9 Å². The van der Waals surface area contributed by atoms with Gasteiger partial charge in [0.25, 0.3) is 0 Å². The molecule has 1 saturated heterocycles. The van der Waals surface area contributed by atoms with Crippen LogP contribution in [-0.2, 0) is 16.0 Å². The number of carbonyl (C=O) groups is 2. The number of halogens is 2. The number of pyridine rings is 1. The van der Waals surface area contributed by atoms with Crippen LogP contribution in [-0.4, -0.2) is 29.1 Å². The van der Waals surface area contributed by atoms with Gasteiger partial charge in [-0.05, 0) is 49.3 Å². The van der Waals surface area contributed by atoms with Gasteiger partial charge in [0.15, 0.2) is 11.6 Å². The Bertz CT molecular complexity index is 1310. The number of ether oxygens (including phenoxy) is 2. The highest BCUT2D eigenvalue weighted by Crippen LogP contribution is 2.50. The summed E-state index contributed by atoms with van der Waals surface area (Å²) in [7, 11) is 0. The first-order chi connectivity index (χ1) is 16.8. The smallest absolute Gasteiger partial charge is 0.319 e. The van der Waals surface area contributed by atoms with Crippen molar-refractivity contribution in [1.82, 2.24) is 10.3 Å². The lowest BCUT2D eigenvalue weighted by atomic mass is 10.1. The van der Waals surface area contributed by atoms with Gasteiger partial charge in [0.1, 0.15) is 29.2 Å². The second-order valence-electron chi connectivity index (χ2n) is 8.48. The fourth-order valence-corrected chi connectivity index (χ4v) is 4.20. The predicted octanol–water partition coefficient (Wildman–Crippen LogP) is 4.19. The highest BCUT2D eigenvalue weighted by molar-refractivity contribution is 5.93. The molecule has 35 heavy (non-hydrogen) atoms. The fourth-order valence-electron chi connectivity index (χ4n) is 4.20. The third-order valence-electron chi connectivity index (χ3n) is 6.02. The molecule has 3 amide bonds. The molecule has 3 atom stereocenters. The zero-order valence-corrected chi connectivity index (χ0v) is 18.7. The molecular formula is C25H22F2N4O4. The first-order valence-electron chi connectivity index (χ1n) is 11.0. The molecule has 1 aromatic heterocycles. The lowest BCUT2D eigenvalue weighted by molar-refractivity contribution is -0.116. The molecule has 2 aromatic rings. The summed E-state index contributed by atoms with van der Waals surface area (Å²) in [5.74, 6) is 0.204. The van der Waals surface area contributed by atoms with Crippen molar-refractivity contribution in [1.29, 1.82) is 0 Å². The van der Waals surface area contributed by atoms with Crippen molar-refractivity contribution >= 4 is 23.4 Å². The van der Waals surface area contributed by atoms with E-state index < -0.39 is 17.7 Å². The Morgan fingerprint density at radius 2 is 2.11 bits per heavy atom. The molecule has 1 aromatic carbocycles. The number of amides is 3. The number of benzene rings is 1. The van der Waals surface area contributed by atoms with Crippen LogP contribution in [0.5, 0.6) is 5.75 Å². The van der Waals surface area contributed by atoms with Gasteiger partial charge in [-0.1, -0.05) is 6.58 Å². The van der Waals surface area contributed by atoms with Crippen molar-refractivity contribution in [3.8, 4) is 5.75 Å². The van der Waals surface area contributed by atoms with Gasteiger partial charge in [0, 0.05) is 29.9 Å². The van der Waals surface area contributed by atoms with E-state index in [-0.39, 0.29) is 29.7 Å². The van der Waals surface area contributed by atoms with Gasteiger partial charge in [-0.25, -0.2) is 18.6 Å². The van der Waals surface area contributed by atoms with Crippen LogP contribution in [0.4, 0.5) is 25.1 Å². The Morgan fingerprint density at radius 1 is 1.29 bits per heavy atom. The quantitative estimate of drug-likeness (QED) is 0.558. The summed E-state index contributed by atoms with van der Waals surface area (Å²) in [6, 6.07) is 4.08. The summed E-state index contributed by atoms with van der Waals surface area (Å²) in [6.45, 7) is 5.88. The molecule has 0 radical (unpaired) electrons. The molecule has 0 bridgehead atoms. The number of rotatable bonds is 5. The average Bonchev–Trinajstić information content (AvgIpc) is 3.37. The Morgan fingerprint density at radius 3 is 2.86 bits per heavy atom. The molecule has 3 aliphatic rings. The maximum atomic E-state index is 13.3. The topological polar surface area (TPSA) is 102 Å². The van der Waals surface area contributed by atoms with Crippen LogP contribution in [0.3, 0.4) is 0 Å². The summed E-state index contributed by atoms with van der Waals surface area (Å²) < 4.78 is 38.2. The maximum absolute atomic E-state index is 13.3. The predicted molar refractivity (Wildman–Crippen MR) is 123 cm³/mol. The number of urea groups is 1. The molecule has 2 fully saturated rings.